The first kappa shape index (κ1) is 10.6. The summed E-state index contributed by atoms with van der Waals surface area (Å²) in [6.07, 6.45) is 1.77. The van der Waals surface area contributed by atoms with E-state index in [0.29, 0.717) is 0 Å². The molecule has 0 atom stereocenters. The van der Waals surface area contributed by atoms with Crippen molar-refractivity contribution in [3.63, 3.8) is 0 Å². The molecule has 0 bridgehead atoms. The number of hydrogen-bond acceptors (Lipinski definition) is 4. The number of hydrogen-bond donors (Lipinski definition) is 0. The summed E-state index contributed by atoms with van der Waals surface area (Å²) in [6.45, 7) is 0. The second kappa shape index (κ2) is 7.68. The summed E-state index contributed by atoms with van der Waals surface area (Å²) in [5.74, 6) is -0.241. The third kappa shape index (κ3) is 7.48. The predicted molar refractivity (Wildman–Crippen MR) is 47.9 cm³/mol. The van der Waals surface area contributed by atoms with Crippen LogP contribution in [0, 0.1) is 0 Å². The Hall–Kier alpha value is -0.420. The van der Waals surface area contributed by atoms with Gasteiger partial charge in [-0.15, -0.1) is 11.3 Å². The van der Waals surface area contributed by atoms with Crippen LogP contribution in [0.2, 0.25) is 0 Å². The van der Waals surface area contributed by atoms with Gasteiger partial charge in [0.25, 0.3) is 0 Å². The first-order chi connectivity index (χ1) is 5.31. The molecule has 62 valence electrons. The molecule has 0 saturated carbocycles. The van der Waals surface area contributed by atoms with Crippen molar-refractivity contribution in [1.29, 1.82) is 0 Å². The number of carbonyl (C=O) groups excluding carboxylic acids is 1. The van der Waals surface area contributed by atoms with E-state index in [4.69, 9.17) is 0 Å². The van der Waals surface area contributed by atoms with Crippen molar-refractivity contribution in [3.05, 3.63) is 17.1 Å². The van der Waals surface area contributed by atoms with Crippen molar-refractivity contribution in [2.45, 2.75) is 0 Å². The highest BCUT2D eigenvalue weighted by Gasteiger charge is 1.89. The molecule has 1 aromatic heterocycles. The lowest BCUT2D eigenvalue weighted by atomic mass is 10.8. The van der Waals surface area contributed by atoms with Gasteiger partial charge in [-0.2, -0.15) is 0 Å². The summed E-state index contributed by atoms with van der Waals surface area (Å²) in [5, 5.41) is 2.21. The number of carbonyl (C=O) groups is 1. The van der Waals surface area contributed by atoms with Crippen LogP contribution in [0.15, 0.2) is 17.1 Å². The quantitative estimate of drug-likeness (QED) is 0.552. The molecule has 0 fully saturated rings. The molecule has 0 aliphatic heterocycles. The fraction of sp³-hybridized carbons (Fsp3) is 0.333. The number of nitrogens with zero attached hydrogens (tertiary/aromatic N) is 1. The topological polar surface area (TPSA) is 39.2 Å². The van der Waals surface area contributed by atoms with Gasteiger partial charge in [0.2, 0.25) is 0 Å². The Morgan fingerprint density at radius 2 is 2.55 bits per heavy atom. The zero-order chi connectivity index (χ0) is 8.53. The van der Waals surface area contributed by atoms with Crippen molar-refractivity contribution in [2.75, 3.05) is 12.4 Å². The van der Waals surface area contributed by atoms with Gasteiger partial charge in [-0.25, -0.2) is 0 Å². The maximum absolute atomic E-state index is 9.91. The van der Waals surface area contributed by atoms with Gasteiger partial charge in [0.05, 0.1) is 12.6 Å². The molecule has 3 nitrogen and oxygen atoms in total. The number of rotatable bonds is 1. The predicted octanol–water partition coefficient (Wildman–Crippen LogP) is 1.70. The highest BCUT2D eigenvalue weighted by molar-refractivity contribution is 9.09. The van der Waals surface area contributed by atoms with E-state index in [0.717, 1.165) is 0 Å². The first-order valence-corrected chi connectivity index (χ1v) is 4.82. The summed E-state index contributed by atoms with van der Waals surface area (Å²) in [7, 11) is 1.35. The van der Waals surface area contributed by atoms with E-state index in [1.54, 1.807) is 23.0 Å². The standard InChI is InChI=1S/C3H5BrO2.C3H3NS/c1-6-3(5)2-4;1-2-5-3-4-1/h2H2,1H3;1-3H. The summed E-state index contributed by atoms with van der Waals surface area (Å²) in [6, 6.07) is 0. The minimum Gasteiger partial charge on any atom is -0.468 e. The third-order valence-corrected chi connectivity index (χ3v) is 1.66. The summed E-state index contributed by atoms with van der Waals surface area (Å²) in [4.78, 5) is 13.7. The Balaban J connectivity index is 0.000000183. The fourth-order valence-electron chi connectivity index (χ4n) is 0.230. The van der Waals surface area contributed by atoms with Gasteiger partial charge >= 0.3 is 5.97 Å². The fourth-order valence-corrected chi connectivity index (χ4v) is 0.811. The van der Waals surface area contributed by atoms with Crippen LogP contribution >= 0.6 is 27.3 Å². The number of halogens is 1. The molecule has 0 N–H and O–H groups in total. The molecule has 0 aliphatic rings. The van der Waals surface area contributed by atoms with Crippen LogP contribution in [0.5, 0.6) is 0 Å². The molecule has 0 aliphatic carbocycles. The molecular weight excluding hydrogens is 230 g/mol. The molecule has 0 amide bonds. The van der Waals surface area contributed by atoms with Crippen molar-refractivity contribution < 1.29 is 9.53 Å². The first-order valence-electron chi connectivity index (χ1n) is 2.76. The molecule has 1 heterocycles. The molecule has 0 aromatic carbocycles. The number of alkyl halides is 1. The Kier molecular flexibility index (Phi) is 7.39. The Labute approximate surface area is 77.5 Å². The van der Waals surface area contributed by atoms with E-state index in [1.807, 2.05) is 5.38 Å². The zero-order valence-electron chi connectivity index (χ0n) is 5.99. The Morgan fingerprint density at radius 3 is 2.64 bits per heavy atom. The second-order valence-corrected chi connectivity index (χ2v) is 2.70. The summed E-state index contributed by atoms with van der Waals surface area (Å²) >= 11 is 4.50. The number of ether oxygens (including phenoxy) is 1. The minimum absolute atomic E-state index is 0.241. The monoisotopic (exact) mass is 237 g/mol. The Morgan fingerprint density at radius 1 is 1.82 bits per heavy atom. The maximum Gasteiger partial charge on any atom is 0.316 e. The molecule has 11 heavy (non-hydrogen) atoms. The lowest BCUT2D eigenvalue weighted by molar-refractivity contribution is -0.137. The van der Waals surface area contributed by atoms with Crippen LogP contribution in [0.3, 0.4) is 0 Å². The summed E-state index contributed by atoms with van der Waals surface area (Å²) in [5.41, 5.74) is 1.79. The van der Waals surface area contributed by atoms with Crippen molar-refractivity contribution in [1.82, 2.24) is 4.98 Å². The van der Waals surface area contributed by atoms with Gasteiger partial charge in [-0.05, 0) is 0 Å². The molecule has 0 unspecified atom stereocenters. The third-order valence-electron chi connectivity index (χ3n) is 0.684. The lowest BCUT2D eigenvalue weighted by Gasteiger charge is -1.86. The highest BCUT2D eigenvalue weighted by atomic mass is 79.9. The average Bonchev–Trinajstić information content (AvgIpc) is 2.60. The number of methoxy groups -OCH3 is 1. The zero-order valence-corrected chi connectivity index (χ0v) is 8.39. The van der Waals surface area contributed by atoms with Crippen molar-refractivity contribution in [3.8, 4) is 0 Å². The largest absolute Gasteiger partial charge is 0.468 e. The smallest absolute Gasteiger partial charge is 0.316 e. The summed E-state index contributed by atoms with van der Waals surface area (Å²) < 4.78 is 4.21. The van der Waals surface area contributed by atoms with Gasteiger partial charge in [-0.3, -0.25) is 9.78 Å². The molecule has 0 saturated heterocycles. The average molecular weight is 238 g/mol. The molecule has 0 radical (unpaired) electrons. The van der Waals surface area contributed by atoms with Crippen LogP contribution in [0.25, 0.3) is 0 Å². The highest BCUT2D eigenvalue weighted by Crippen LogP contribution is 1.85. The van der Waals surface area contributed by atoms with Gasteiger partial charge in [0, 0.05) is 11.6 Å². The van der Waals surface area contributed by atoms with Crippen LogP contribution < -0.4 is 0 Å². The van der Waals surface area contributed by atoms with Crippen LogP contribution in [0.1, 0.15) is 0 Å². The van der Waals surface area contributed by atoms with Crippen molar-refractivity contribution >= 4 is 33.2 Å². The SMILES string of the molecule is COC(=O)CBr.c1cscn1. The van der Waals surface area contributed by atoms with E-state index < -0.39 is 0 Å². The van der Waals surface area contributed by atoms with E-state index >= 15 is 0 Å². The van der Waals surface area contributed by atoms with E-state index in [1.165, 1.54) is 7.11 Å². The van der Waals surface area contributed by atoms with Gasteiger partial charge in [0.1, 0.15) is 5.33 Å². The molecular formula is C6H8BrNO2S. The van der Waals surface area contributed by atoms with Crippen LogP contribution in [0.4, 0.5) is 0 Å². The number of esters is 1. The molecule has 1 aromatic rings. The van der Waals surface area contributed by atoms with E-state index in [9.17, 15) is 4.79 Å². The minimum atomic E-state index is -0.241. The van der Waals surface area contributed by atoms with Crippen molar-refractivity contribution in [2.24, 2.45) is 0 Å². The Bertz CT molecular complexity index is 155. The number of aromatic nitrogens is 1. The molecule has 5 heteroatoms. The van der Waals surface area contributed by atoms with E-state index in [-0.39, 0.29) is 11.3 Å². The normalized spacial score (nSPS) is 7.82. The molecule has 1 rings (SSSR count). The molecule has 0 spiro atoms. The van der Waals surface area contributed by atoms with Crippen LogP contribution in [-0.2, 0) is 9.53 Å². The van der Waals surface area contributed by atoms with Gasteiger partial charge in [-0.1, -0.05) is 15.9 Å². The van der Waals surface area contributed by atoms with E-state index in [2.05, 4.69) is 25.7 Å². The number of thiazole rings is 1. The van der Waals surface area contributed by atoms with Gasteiger partial charge < -0.3 is 4.74 Å². The second-order valence-electron chi connectivity index (χ2n) is 1.39. The maximum atomic E-state index is 9.91. The van der Waals surface area contributed by atoms with Crippen LogP contribution in [-0.4, -0.2) is 23.4 Å². The lowest BCUT2D eigenvalue weighted by Crippen LogP contribution is -1.99. The van der Waals surface area contributed by atoms with Gasteiger partial charge in [0.15, 0.2) is 0 Å².